The zero-order valence-electron chi connectivity index (χ0n) is 11.9. The van der Waals surface area contributed by atoms with Crippen LogP contribution in [0.3, 0.4) is 0 Å². The number of rotatable bonds is 4. The number of nitrogens with two attached hydrogens (primary N) is 1. The van der Waals surface area contributed by atoms with E-state index in [-0.39, 0.29) is 0 Å². The predicted octanol–water partition coefficient (Wildman–Crippen LogP) is 1.77. The van der Waals surface area contributed by atoms with Crippen LogP contribution in [0.2, 0.25) is 0 Å². The molecule has 1 heterocycles. The molecular formula is C16H25N3. The van der Waals surface area contributed by atoms with E-state index in [0.717, 1.165) is 19.1 Å². The van der Waals surface area contributed by atoms with Crippen LogP contribution in [0.15, 0.2) is 24.3 Å². The summed E-state index contributed by atoms with van der Waals surface area (Å²) in [6.07, 6.45) is 2.83. The van der Waals surface area contributed by atoms with Gasteiger partial charge in [0.15, 0.2) is 0 Å². The second kappa shape index (κ2) is 5.61. The van der Waals surface area contributed by atoms with E-state index in [2.05, 4.69) is 41.0 Å². The quantitative estimate of drug-likeness (QED) is 0.894. The molecule has 0 bridgehead atoms. The molecule has 0 spiro atoms. The molecule has 3 heteroatoms. The van der Waals surface area contributed by atoms with Gasteiger partial charge in [-0.2, -0.15) is 0 Å². The molecule has 1 saturated carbocycles. The van der Waals surface area contributed by atoms with Crippen molar-refractivity contribution in [3.63, 3.8) is 0 Å². The summed E-state index contributed by atoms with van der Waals surface area (Å²) in [6.45, 7) is 7.60. The molecule has 104 valence electrons. The molecule has 1 unspecified atom stereocenters. The first-order valence-electron chi connectivity index (χ1n) is 7.52. The molecule has 3 rings (SSSR count). The first-order valence-corrected chi connectivity index (χ1v) is 7.52. The minimum atomic E-state index is 0.391. The summed E-state index contributed by atoms with van der Waals surface area (Å²) < 4.78 is 0. The number of benzene rings is 1. The number of hydrogen-bond acceptors (Lipinski definition) is 3. The zero-order chi connectivity index (χ0) is 13.2. The normalized spacial score (nSPS) is 23.5. The van der Waals surface area contributed by atoms with Gasteiger partial charge in [0.05, 0.1) is 0 Å². The van der Waals surface area contributed by atoms with E-state index in [1.807, 2.05) is 0 Å². The van der Waals surface area contributed by atoms with E-state index in [1.165, 1.54) is 37.1 Å². The van der Waals surface area contributed by atoms with Gasteiger partial charge in [0.2, 0.25) is 0 Å². The number of hydrogen-bond donors (Lipinski definition) is 1. The lowest BCUT2D eigenvalue weighted by molar-refractivity contribution is 0.0938. The van der Waals surface area contributed by atoms with E-state index in [9.17, 15) is 0 Å². The maximum Gasteiger partial charge on any atom is 0.0471 e. The Kier molecular flexibility index (Phi) is 3.87. The van der Waals surface area contributed by atoms with E-state index in [4.69, 9.17) is 5.73 Å². The molecule has 1 saturated heterocycles. The first-order chi connectivity index (χ1) is 9.28. The highest BCUT2D eigenvalue weighted by Crippen LogP contribution is 2.29. The molecule has 1 aliphatic heterocycles. The van der Waals surface area contributed by atoms with E-state index < -0.39 is 0 Å². The highest BCUT2D eigenvalue weighted by atomic mass is 15.3. The van der Waals surface area contributed by atoms with Gasteiger partial charge in [-0.3, -0.25) is 9.80 Å². The van der Waals surface area contributed by atoms with Crippen LogP contribution in [0.1, 0.15) is 30.0 Å². The average molecular weight is 259 g/mol. The Morgan fingerprint density at radius 2 is 1.74 bits per heavy atom. The fraction of sp³-hybridized carbons (Fsp3) is 0.625. The predicted molar refractivity (Wildman–Crippen MR) is 79.1 cm³/mol. The molecule has 2 N–H and O–H groups in total. The Morgan fingerprint density at radius 1 is 1.11 bits per heavy atom. The van der Waals surface area contributed by atoms with Gasteiger partial charge in [0.1, 0.15) is 0 Å². The molecule has 19 heavy (non-hydrogen) atoms. The van der Waals surface area contributed by atoms with Crippen LogP contribution in [0, 0.1) is 6.92 Å². The lowest BCUT2D eigenvalue weighted by Crippen LogP contribution is -2.49. The molecule has 1 atom stereocenters. The third kappa shape index (κ3) is 2.99. The van der Waals surface area contributed by atoms with Crippen molar-refractivity contribution < 1.29 is 0 Å². The first kappa shape index (κ1) is 13.1. The third-order valence-electron chi connectivity index (χ3n) is 4.54. The zero-order valence-corrected chi connectivity index (χ0v) is 11.9. The molecule has 2 aliphatic rings. The van der Waals surface area contributed by atoms with Gasteiger partial charge in [-0.05, 0) is 25.3 Å². The lowest BCUT2D eigenvalue weighted by atomic mass is 10.0. The Morgan fingerprint density at radius 3 is 2.26 bits per heavy atom. The van der Waals surface area contributed by atoms with Crippen LogP contribution in [0.5, 0.6) is 0 Å². The van der Waals surface area contributed by atoms with Crippen LogP contribution in [0.25, 0.3) is 0 Å². The highest BCUT2D eigenvalue weighted by molar-refractivity contribution is 5.24. The summed E-state index contributed by atoms with van der Waals surface area (Å²) in [7, 11) is 0. The van der Waals surface area contributed by atoms with Gasteiger partial charge in [0, 0.05) is 44.8 Å². The van der Waals surface area contributed by atoms with Gasteiger partial charge in [0.25, 0.3) is 0 Å². The summed E-state index contributed by atoms with van der Waals surface area (Å²) in [4.78, 5) is 5.21. The number of aryl methyl sites for hydroxylation is 1. The molecule has 1 aliphatic carbocycles. The van der Waals surface area contributed by atoms with Crippen molar-refractivity contribution >= 4 is 0 Å². The maximum atomic E-state index is 6.03. The third-order valence-corrected chi connectivity index (χ3v) is 4.54. The summed E-state index contributed by atoms with van der Waals surface area (Å²) in [5.74, 6) is 0. The van der Waals surface area contributed by atoms with Crippen molar-refractivity contribution in [3.8, 4) is 0 Å². The minimum absolute atomic E-state index is 0.391. The van der Waals surface area contributed by atoms with Crippen molar-refractivity contribution in [2.24, 2.45) is 5.73 Å². The fourth-order valence-electron chi connectivity index (χ4n) is 3.14. The van der Waals surface area contributed by atoms with Gasteiger partial charge in [-0.15, -0.1) is 0 Å². The molecule has 1 aromatic carbocycles. The van der Waals surface area contributed by atoms with E-state index >= 15 is 0 Å². The SMILES string of the molecule is Cc1ccc(C(CN)N2CCN(C3CC3)CC2)cc1. The Bertz CT molecular complexity index is 403. The lowest BCUT2D eigenvalue weighted by Gasteiger charge is -2.39. The molecule has 1 aromatic rings. The van der Waals surface area contributed by atoms with Crippen LogP contribution >= 0.6 is 0 Å². The van der Waals surface area contributed by atoms with Crippen molar-refractivity contribution in [2.75, 3.05) is 32.7 Å². The van der Waals surface area contributed by atoms with Crippen molar-refractivity contribution in [3.05, 3.63) is 35.4 Å². The second-order valence-corrected chi connectivity index (χ2v) is 5.97. The van der Waals surface area contributed by atoms with Crippen LogP contribution in [-0.2, 0) is 0 Å². The van der Waals surface area contributed by atoms with E-state index in [1.54, 1.807) is 0 Å². The van der Waals surface area contributed by atoms with Crippen LogP contribution in [0.4, 0.5) is 0 Å². The van der Waals surface area contributed by atoms with Gasteiger partial charge in [-0.25, -0.2) is 0 Å². The molecule has 0 amide bonds. The second-order valence-electron chi connectivity index (χ2n) is 5.97. The summed E-state index contributed by atoms with van der Waals surface area (Å²) in [5.41, 5.74) is 8.71. The van der Waals surface area contributed by atoms with Crippen LogP contribution < -0.4 is 5.73 Å². The minimum Gasteiger partial charge on any atom is -0.329 e. The number of piperazine rings is 1. The van der Waals surface area contributed by atoms with Crippen molar-refractivity contribution in [2.45, 2.75) is 31.8 Å². The fourth-order valence-corrected chi connectivity index (χ4v) is 3.14. The Balaban J connectivity index is 1.64. The summed E-state index contributed by atoms with van der Waals surface area (Å²) in [5, 5.41) is 0. The van der Waals surface area contributed by atoms with Gasteiger partial charge in [-0.1, -0.05) is 29.8 Å². The topological polar surface area (TPSA) is 32.5 Å². The van der Waals surface area contributed by atoms with Gasteiger partial charge < -0.3 is 5.73 Å². The molecular weight excluding hydrogens is 234 g/mol. The van der Waals surface area contributed by atoms with Crippen LogP contribution in [-0.4, -0.2) is 48.6 Å². The van der Waals surface area contributed by atoms with Gasteiger partial charge >= 0.3 is 0 Å². The van der Waals surface area contributed by atoms with Crippen molar-refractivity contribution in [1.29, 1.82) is 0 Å². The highest BCUT2D eigenvalue weighted by Gasteiger charge is 2.32. The number of nitrogens with zero attached hydrogens (tertiary/aromatic N) is 2. The Hall–Kier alpha value is -0.900. The maximum absolute atomic E-state index is 6.03. The average Bonchev–Trinajstić information content (AvgIpc) is 3.27. The smallest absolute Gasteiger partial charge is 0.0471 e. The monoisotopic (exact) mass is 259 g/mol. The van der Waals surface area contributed by atoms with E-state index in [0.29, 0.717) is 12.6 Å². The molecule has 0 aromatic heterocycles. The molecule has 2 fully saturated rings. The largest absolute Gasteiger partial charge is 0.329 e. The molecule has 0 radical (unpaired) electrons. The Labute approximate surface area is 116 Å². The standard InChI is InChI=1S/C16H25N3/c1-13-2-4-14(5-3-13)16(12-17)19-10-8-18(9-11-19)15-6-7-15/h2-5,15-16H,6-12,17H2,1H3. The summed E-state index contributed by atoms with van der Waals surface area (Å²) >= 11 is 0. The molecule has 3 nitrogen and oxygen atoms in total. The van der Waals surface area contributed by atoms with Crippen molar-refractivity contribution in [1.82, 2.24) is 9.80 Å². The summed E-state index contributed by atoms with van der Waals surface area (Å²) in [6, 6.07) is 10.1.